The molecule has 1 aromatic rings. The van der Waals surface area contributed by atoms with E-state index in [4.69, 9.17) is 9.47 Å². The van der Waals surface area contributed by atoms with Crippen LogP contribution >= 0.6 is 0 Å². The van der Waals surface area contributed by atoms with Gasteiger partial charge in [0.1, 0.15) is 23.1 Å². The lowest BCUT2D eigenvalue weighted by Crippen LogP contribution is -2.41. The van der Waals surface area contributed by atoms with Crippen molar-refractivity contribution in [3.8, 4) is 5.75 Å². The number of hydrogen-bond donors (Lipinski definition) is 0. The summed E-state index contributed by atoms with van der Waals surface area (Å²) in [5.74, 6) is -2.84. The van der Waals surface area contributed by atoms with Crippen molar-refractivity contribution < 1.29 is 24.0 Å². The number of esters is 1. The molecule has 1 aromatic carbocycles. The number of nitro groups is 1. The Morgan fingerprint density at radius 2 is 1.68 bits per heavy atom. The van der Waals surface area contributed by atoms with Crippen LogP contribution < -0.4 is 4.74 Å². The first kappa shape index (κ1) is 20.6. The molecule has 0 saturated heterocycles. The van der Waals surface area contributed by atoms with E-state index in [-0.39, 0.29) is 0 Å². The fourth-order valence-corrected chi connectivity index (χ4v) is 2.64. The van der Waals surface area contributed by atoms with Crippen LogP contribution in [0.15, 0.2) is 24.3 Å². The van der Waals surface area contributed by atoms with Crippen LogP contribution in [0.2, 0.25) is 0 Å². The monoisotopic (exact) mass is 351 g/mol. The average Bonchev–Trinajstić information content (AvgIpc) is 2.49. The van der Waals surface area contributed by atoms with Crippen LogP contribution in [0.1, 0.15) is 46.1 Å². The zero-order chi connectivity index (χ0) is 19.4. The van der Waals surface area contributed by atoms with Gasteiger partial charge in [0.15, 0.2) is 0 Å². The van der Waals surface area contributed by atoms with Gasteiger partial charge in [0, 0.05) is 11.8 Å². The van der Waals surface area contributed by atoms with Crippen molar-refractivity contribution in [1.82, 2.24) is 0 Å². The molecule has 0 bridgehead atoms. The fraction of sp³-hybridized carbons (Fsp3) is 0.556. The molecule has 7 nitrogen and oxygen atoms in total. The van der Waals surface area contributed by atoms with Crippen molar-refractivity contribution in [1.29, 1.82) is 0 Å². The molecule has 0 aliphatic carbocycles. The van der Waals surface area contributed by atoms with E-state index in [1.165, 1.54) is 21.0 Å². The van der Waals surface area contributed by atoms with Crippen LogP contribution in [-0.4, -0.2) is 35.4 Å². The lowest BCUT2D eigenvalue weighted by molar-refractivity contribution is -0.523. The van der Waals surface area contributed by atoms with E-state index in [2.05, 4.69) is 0 Å². The van der Waals surface area contributed by atoms with Gasteiger partial charge < -0.3 is 9.47 Å². The topological polar surface area (TPSA) is 95.7 Å². The number of rotatable bonds is 7. The highest BCUT2D eigenvalue weighted by Gasteiger charge is 2.44. The van der Waals surface area contributed by atoms with Crippen molar-refractivity contribution in [3.05, 3.63) is 39.9 Å². The summed E-state index contributed by atoms with van der Waals surface area (Å²) in [7, 11) is 1.51. The minimum absolute atomic E-state index is 0.469. The molecule has 0 saturated carbocycles. The van der Waals surface area contributed by atoms with Crippen LogP contribution in [-0.2, 0) is 14.3 Å². The summed E-state index contributed by atoms with van der Waals surface area (Å²) < 4.78 is 10.4. The Morgan fingerprint density at radius 1 is 1.16 bits per heavy atom. The number of hydrogen-bond acceptors (Lipinski definition) is 6. The average molecular weight is 351 g/mol. The zero-order valence-corrected chi connectivity index (χ0v) is 15.4. The third kappa shape index (κ3) is 5.55. The van der Waals surface area contributed by atoms with Gasteiger partial charge in [0.2, 0.25) is 6.04 Å². The zero-order valence-electron chi connectivity index (χ0n) is 15.4. The first-order valence-corrected chi connectivity index (χ1v) is 7.98. The third-order valence-corrected chi connectivity index (χ3v) is 3.81. The summed E-state index contributed by atoms with van der Waals surface area (Å²) in [6, 6.07) is 5.39. The molecule has 0 amide bonds. The van der Waals surface area contributed by atoms with Crippen LogP contribution in [0.4, 0.5) is 0 Å². The fourth-order valence-electron chi connectivity index (χ4n) is 2.64. The molecule has 1 rings (SSSR count). The number of methoxy groups -OCH3 is 1. The van der Waals surface area contributed by atoms with Crippen molar-refractivity contribution in [2.45, 2.75) is 52.2 Å². The molecular formula is C18H25NO6. The second-order valence-corrected chi connectivity index (χ2v) is 6.95. The number of Topliss-reactive ketones (excluding diaryl/α,β-unsaturated/α-hetero) is 1. The number of ketones is 1. The predicted octanol–water partition coefficient (Wildman–Crippen LogP) is 2.99. The minimum Gasteiger partial charge on any atom is -0.497 e. The van der Waals surface area contributed by atoms with Gasteiger partial charge in [0.25, 0.3) is 0 Å². The van der Waals surface area contributed by atoms with Crippen molar-refractivity contribution >= 4 is 11.8 Å². The maximum Gasteiger partial charge on any atom is 0.317 e. The molecule has 0 unspecified atom stereocenters. The first-order chi connectivity index (χ1) is 11.5. The molecule has 0 fully saturated rings. The molecular weight excluding hydrogens is 326 g/mol. The summed E-state index contributed by atoms with van der Waals surface area (Å²) in [6.45, 7) is 7.68. The highest BCUT2D eigenvalue weighted by molar-refractivity contribution is 5.99. The van der Waals surface area contributed by atoms with E-state index in [1.807, 2.05) is 0 Å². The van der Waals surface area contributed by atoms with Crippen LogP contribution in [0, 0.1) is 16.0 Å². The Morgan fingerprint density at radius 3 is 2.04 bits per heavy atom. The van der Waals surface area contributed by atoms with Gasteiger partial charge >= 0.3 is 5.97 Å². The van der Waals surface area contributed by atoms with Crippen molar-refractivity contribution in [3.63, 3.8) is 0 Å². The standard InChI is InChI=1S/C18H25NO6/c1-11(19(22)23)15(13-7-9-14(24-6)10-8-13)16(12(2)20)17(21)25-18(3,4)5/h7-11,15-16H,1-6H3/t11-,15+,16+/m0/s1. The predicted molar refractivity (Wildman–Crippen MR) is 92.2 cm³/mol. The second kappa shape index (κ2) is 8.09. The number of carbonyl (C=O) groups excluding carboxylic acids is 2. The van der Waals surface area contributed by atoms with E-state index in [0.29, 0.717) is 11.3 Å². The lowest BCUT2D eigenvalue weighted by Gasteiger charge is -2.28. The van der Waals surface area contributed by atoms with Crippen molar-refractivity contribution in [2.24, 2.45) is 5.92 Å². The van der Waals surface area contributed by atoms with Crippen LogP contribution in [0.3, 0.4) is 0 Å². The smallest absolute Gasteiger partial charge is 0.317 e. The Bertz CT molecular complexity index is 632. The summed E-state index contributed by atoms with van der Waals surface area (Å²) in [6.07, 6.45) is 0. The van der Waals surface area contributed by atoms with Gasteiger partial charge in [-0.2, -0.15) is 0 Å². The first-order valence-electron chi connectivity index (χ1n) is 7.98. The summed E-state index contributed by atoms with van der Waals surface area (Å²) in [4.78, 5) is 35.7. The van der Waals surface area contributed by atoms with Gasteiger partial charge in [-0.1, -0.05) is 12.1 Å². The van der Waals surface area contributed by atoms with E-state index in [1.54, 1.807) is 45.0 Å². The van der Waals surface area contributed by atoms with Gasteiger partial charge in [-0.15, -0.1) is 0 Å². The summed E-state index contributed by atoms with van der Waals surface area (Å²) in [5, 5.41) is 11.4. The number of benzene rings is 1. The van der Waals surface area contributed by atoms with E-state index >= 15 is 0 Å². The highest BCUT2D eigenvalue weighted by Crippen LogP contribution is 2.33. The molecule has 0 aliphatic rings. The van der Waals surface area contributed by atoms with Gasteiger partial charge in [-0.3, -0.25) is 19.7 Å². The van der Waals surface area contributed by atoms with Crippen molar-refractivity contribution in [2.75, 3.05) is 7.11 Å². The Balaban J connectivity index is 3.37. The second-order valence-electron chi connectivity index (χ2n) is 6.95. The van der Waals surface area contributed by atoms with E-state index in [0.717, 1.165) is 0 Å². The lowest BCUT2D eigenvalue weighted by atomic mass is 9.79. The molecule has 0 heterocycles. The molecule has 7 heteroatoms. The molecule has 0 spiro atoms. The maximum atomic E-state index is 12.6. The number of ether oxygens (including phenoxy) is 2. The Hall–Kier alpha value is -2.44. The van der Waals surface area contributed by atoms with Gasteiger partial charge in [0.05, 0.1) is 13.0 Å². The highest BCUT2D eigenvalue weighted by atomic mass is 16.6. The van der Waals surface area contributed by atoms with Gasteiger partial charge in [-0.25, -0.2) is 0 Å². The molecule has 0 aliphatic heterocycles. The minimum atomic E-state index is -1.26. The van der Waals surface area contributed by atoms with E-state index in [9.17, 15) is 19.7 Å². The maximum absolute atomic E-state index is 12.6. The van der Waals surface area contributed by atoms with Crippen LogP contribution in [0.5, 0.6) is 5.75 Å². The van der Waals surface area contributed by atoms with Gasteiger partial charge in [-0.05, 0) is 45.4 Å². The molecule has 0 radical (unpaired) electrons. The number of nitrogens with zero attached hydrogens (tertiary/aromatic N) is 1. The quantitative estimate of drug-likeness (QED) is 0.324. The van der Waals surface area contributed by atoms with E-state index < -0.39 is 40.2 Å². The number of carbonyl (C=O) groups is 2. The SMILES string of the molecule is COc1ccc([C@H]([C@@H](C(C)=O)C(=O)OC(C)(C)C)[C@H](C)[N+](=O)[O-])cc1. The normalized spacial score (nSPS) is 15.0. The summed E-state index contributed by atoms with van der Waals surface area (Å²) >= 11 is 0. The molecule has 0 N–H and O–H groups in total. The molecule has 25 heavy (non-hydrogen) atoms. The molecule has 3 atom stereocenters. The summed E-state index contributed by atoms with van der Waals surface area (Å²) in [5.41, 5.74) is -0.288. The largest absolute Gasteiger partial charge is 0.497 e. The Labute approximate surface area is 147 Å². The third-order valence-electron chi connectivity index (χ3n) is 3.81. The molecule has 0 aromatic heterocycles. The molecule has 138 valence electrons. The van der Waals surface area contributed by atoms with Crippen LogP contribution in [0.25, 0.3) is 0 Å². The Kier molecular flexibility index (Phi) is 6.67.